The lowest BCUT2D eigenvalue weighted by Gasteiger charge is -2.36. The minimum atomic E-state index is 0.142. The van der Waals surface area contributed by atoms with Gasteiger partial charge in [-0.05, 0) is 46.8 Å². The van der Waals surface area contributed by atoms with Crippen molar-refractivity contribution in [2.75, 3.05) is 13.1 Å². The van der Waals surface area contributed by atoms with Crippen LogP contribution in [-0.4, -0.2) is 24.0 Å². The van der Waals surface area contributed by atoms with Gasteiger partial charge in [0.15, 0.2) is 0 Å². The Labute approximate surface area is 130 Å². The fourth-order valence-corrected chi connectivity index (χ4v) is 4.17. The van der Waals surface area contributed by atoms with Crippen molar-refractivity contribution in [2.24, 2.45) is 17.6 Å². The van der Waals surface area contributed by atoms with E-state index in [1.807, 2.05) is 0 Å². The van der Waals surface area contributed by atoms with E-state index in [4.69, 9.17) is 5.73 Å². The molecule has 2 unspecified atom stereocenters. The van der Waals surface area contributed by atoms with Gasteiger partial charge >= 0.3 is 0 Å². The Morgan fingerprint density at radius 3 is 1.95 bits per heavy atom. The molecule has 2 nitrogen and oxygen atoms in total. The van der Waals surface area contributed by atoms with Crippen LogP contribution in [0.1, 0.15) is 45.5 Å². The third-order valence-electron chi connectivity index (χ3n) is 2.98. The van der Waals surface area contributed by atoms with Crippen LogP contribution in [0, 0.1) is 11.8 Å². The summed E-state index contributed by atoms with van der Waals surface area (Å²) >= 11 is 5.36. The van der Waals surface area contributed by atoms with Crippen molar-refractivity contribution < 1.29 is 0 Å². The number of halogens is 1. The van der Waals surface area contributed by atoms with E-state index in [2.05, 4.69) is 67.6 Å². The zero-order chi connectivity index (χ0) is 14.6. The Morgan fingerprint density at radius 2 is 1.63 bits per heavy atom. The predicted octanol–water partition coefficient (Wildman–Crippen LogP) is 4.51. The molecular formula is C15H27BrN2S. The molecule has 0 aromatic carbocycles. The molecule has 19 heavy (non-hydrogen) atoms. The summed E-state index contributed by atoms with van der Waals surface area (Å²) in [5.41, 5.74) is 6.28. The zero-order valence-corrected chi connectivity index (χ0v) is 15.1. The first-order valence-electron chi connectivity index (χ1n) is 7.06. The van der Waals surface area contributed by atoms with Crippen LogP contribution in [0.2, 0.25) is 0 Å². The molecule has 2 atom stereocenters. The molecule has 0 saturated carbocycles. The van der Waals surface area contributed by atoms with Gasteiger partial charge in [0, 0.05) is 24.0 Å². The quantitative estimate of drug-likeness (QED) is 0.786. The molecular weight excluding hydrogens is 320 g/mol. The van der Waals surface area contributed by atoms with Gasteiger partial charge in [0.25, 0.3) is 0 Å². The number of rotatable bonds is 7. The molecule has 0 aliphatic heterocycles. The highest BCUT2D eigenvalue weighted by Gasteiger charge is 2.26. The second-order valence-electron chi connectivity index (χ2n) is 6.19. The van der Waals surface area contributed by atoms with Crippen LogP contribution in [0.5, 0.6) is 0 Å². The van der Waals surface area contributed by atoms with Crippen LogP contribution < -0.4 is 5.73 Å². The Hall–Kier alpha value is 0.1000. The molecule has 0 saturated heterocycles. The molecule has 1 rings (SSSR count). The fraction of sp³-hybridized carbons (Fsp3) is 0.733. The summed E-state index contributed by atoms with van der Waals surface area (Å²) < 4.78 is 1.18. The van der Waals surface area contributed by atoms with E-state index in [0.29, 0.717) is 17.9 Å². The maximum atomic E-state index is 6.28. The van der Waals surface area contributed by atoms with Gasteiger partial charge in [-0.1, -0.05) is 27.7 Å². The summed E-state index contributed by atoms with van der Waals surface area (Å²) in [5, 5.41) is 0. The van der Waals surface area contributed by atoms with Crippen molar-refractivity contribution in [2.45, 2.75) is 46.7 Å². The molecule has 0 amide bonds. The number of nitrogens with two attached hydrogens (primary N) is 1. The molecule has 1 heterocycles. The van der Waals surface area contributed by atoms with Gasteiger partial charge in [-0.2, -0.15) is 0 Å². The Morgan fingerprint density at radius 1 is 1.11 bits per heavy atom. The standard InChI is InChI=1S/C15H27BrN2S/c1-10(2)8-18(9-11(3)4)15(12(5)17)13-6-7-14(16)19-13/h6-7,10-12,15H,8-9,17H2,1-5H3. The molecule has 1 aromatic rings. The average molecular weight is 347 g/mol. The third-order valence-corrected chi connectivity index (χ3v) is 4.67. The highest BCUT2D eigenvalue weighted by molar-refractivity contribution is 9.11. The molecule has 0 aliphatic rings. The van der Waals surface area contributed by atoms with Crippen LogP contribution in [0.15, 0.2) is 15.9 Å². The molecule has 0 spiro atoms. The van der Waals surface area contributed by atoms with Gasteiger partial charge < -0.3 is 5.73 Å². The normalized spacial score (nSPS) is 15.5. The first-order chi connectivity index (χ1) is 8.81. The molecule has 110 valence electrons. The van der Waals surface area contributed by atoms with Crippen LogP contribution >= 0.6 is 27.3 Å². The van der Waals surface area contributed by atoms with E-state index < -0.39 is 0 Å². The van der Waals surface area contributed by atoms with Crippen LogP contribution in [0.4, 0.5) is 0 Å². The second-order valence-corrected chi connectivity index (χ2v) is 8.68. The van der Waals surface area contributed by atoms with Crippen molar-refractivity contribution >= 4 is 27.3 Å². The monoisotopic (exact) mass is 346 g/mol. The maximum Gasteiger partial charge on any atom is 0.0702 e. The van der Waals surface area contributed by atoms with Crippen molar-refractivity contribution in [1.29, 1.82) is 0 Å². The van der Waals surface area contributed by atoms with Gasteiger partial charge in [-0.25, -0.2) is 0 Å². The van der Waals surface area contributed by atoms with E-state index in [1.165, 1.54) is 8.66 Å². The summed E-state index contributed by atoms with van der Waals surface area (Å²) in [5.74, 6) is 1.31. The molecule has 0 radical (unpaired) electrons. The maximum absolute atomic E-state index is 6.28. The van der Waals surface area contributed by atoms with Crippen molar-refractivity contribution in [3.05, 3.63) is 20.8 Å². The highest BCUT2D eigenvalue weighted by Crippen LogP contribution is 2.33. The smallest absolute Gasteiger partial charge is 0.0702 e. The zero-order valence-electron chi connectivity index (χ0n) is 12.7. The van der Waals surface area contributed by atoms with E-state index in [0.717, 1.165) is 13.1 Å². The minimum Gasteiger partial charge on any atom is -0.326 e. The molecule has 0 bridgehead atoms. The van der Waals surface area contributed by atoms with Gasteiger partial charge in [-0.3, -0.25) is 4.90 Å². The van der Waals surface area contributed by atoms with Crippen LogP contribution in [0.3, 0.4) is 0 Å². The Balaban J connectivity index is 2.97. The largest absolute Gasteiger partial charge is 0.326 e. The lowest BCUT2D eigenvalue weighted by molar-refractivity contribution is 0.142. The summed E-state index contributed by atoms with van der Waals surface area (Å²) in [7, 11) is 0. The number of hydrogen-bond acceptors (Lipinski definition) is 3. The average Bonchev–Trinajstić information content (AvgIpc) is 2.62. The van der Waals surface area contributed by atoms with E-state index in [-0.39, 0.29) is 6.04 Å². The summed E-state index contributed by atoms with van der Waals surface area (Å²) in [6, 6.07) is 4.79. The Bertz CT molecular complexity index is 364. The predicted molar refractivity (Wildman–Crippen MR) is 89.7 cm³/mol. The van der Waals surface area contributed by atoms with Crippen LogP contribution in [0.25, 0.3) is 0 Å². The topological polar surface area (TPSA) is 29.3 Å². The molecule has 1 aromatic heterocycles. The Kier molecular flexibility index (Phi) is 7.01. The van der Waals surface area contributed by atoms with Gasteiger partial charge in [-0.15, -0.1) is 11.3 Å². The minimum absolute atomic E-state index is 0.142. The molecule has 4 heteroatoms. The number of thiophene rings is 1. The fourth-order valence-electron chi connectivity index (χ4n) is 2.50. The highest BCUT2D eigenvalue weighted by atomic mass is 79.9. The molecule has 2 N–H and O–H groups in total. The number of hydrogen-bond donors (Lipinski definition) is 1. The molecule has 0 aliphatic carbocycles. The van der Waals surface area contributed by atoms with Gasteiger partial charge in [0.1, 0.15) is 0 Å². The van der Waals surface area contributed by atoms with Crippen molar-refractivity contribution in [3.63, 3.8) is 0 Å². The van der Waals surface area contributed by atoms with E-state index in [1.54, 1.807) is 11.3 Å². The van der Waals surface area contributed by atoms with Crippen molar-refractivity contribution in [1.82, 2.24) is 4.90 Å². The van der Waals surface area contributed by atoms with E-state index >= 15 is 0 Å². The summed E-state index contributed by atoms with van der Waals surface area (Å²) in [6.07, 6.45) is 0. The third kappa shape index (κ3) is 5.54. The van der Waals surface area contributed by atoms with Gasteiger partial charge in [0.2, 0.25) is 0 Å². The van der Waals surface area contributed by atoms with Gasteiger partial charge in [0.05, 0.1) is 9.83 Å². The first kappa shape index (κ1) is 17.2. The summed E-state index contributed by atoms with van der Waals surface area (Å²) in [4.78, 5) is 3.92. The lowest BCUT2D eigenvalue weighted by atomic mass is 10.0. The van der Waals surface area contributed by atoms with Crippen LogP contribution in [-0.2, 0) is 0 Å². The lowest BCUT2D eigenvalue weighted by Crippen LogP contribution is -2.42. The van der Waals surface area contributed by atoms with E-state index in [9.17, 15) is 0 Å². The first-order valence-corrected chi connectivity index (χ1v) is 8.67. The van der Waals surface area contributed by atoms with Crippen molar-refractivity contribution in [3.8, 4) is 0 Å². The number of nitrogens with zero attached hydrogens (tertiary/aromatic N) is 1. The molecule has 0 fully saturated rings. The summed E-state index contributed by atoms with van der Waals surface area (Å²) in [6.45, 7) is 13.4. The SMILES string of the molecule is CC(C)CN(CC(C)C)C(c1ccc(Br)s1)C(C)N. The second kappa shape index (κ2) is 7.77.